The van der Waals surface area contributed by atoms with Crippen molar-refractivity contribution in [2.24, 2.45) is 5.14 Å². The summed E-state index contributed by atoms with van der Waals surface area (Å²) in [4.78, 5) is 14.6. The van der Waals surface area contributed by atoms with Gasteiger partial charge in [-0.25, -0.2) is 13.6 Å². The Morgan fingerprint density at radius 2 is 1.86 bits per heavy atom. The highest BCUT2D eigenvalue weighted by Gasteiger charge is 2.23. The second-order valence-corrected chi connectivity index (χ2v) is 10.7. The Kier molecular flexibility index (Phi) is 9.23. The third-order valence-corrected chi connectivity index (χ3v) is 6.69. The molecule has 0 bridgehead atoms. The monoisotopic (exact) mass is 525 g/mol. The van der Waals surface area contributed by atoms with Crippen molar-refractivity contribution in [2.75, 3.05) is 26.8 Å². The van der Waals surface area contributed by atoms with Gasteiger partial charge in [0.05, 0.1) is 18.1 Å². The molecular weight excluding hydrogens is 494 g/mol. The molecule has 1 aliphatic heterocycles. The van der Waals surface area contributed by atoms with E-state index in [-0.39, 0.29) is 29.6 Å². The maximum atomic E-state index is 12.3. The van der Waals surface area contributed by atoms with Crippen LogP contribution in [-0.2, 0) is 21.4 Å². The number of nitrogens with two attached hydrogens (primary N) is 1. The van der Waals surface area contributed by atoms with Gasteiger partial charge in [-0.05, 0) is 57.0 Å². The van der Waals surface area contributed by atoms with Crippen LogP contribution in [0.15, 0.2) is 41.3 Å². The molecule has 0 atom stereocenters. The SMILES string of the molecule is COc1cc(Cl)cc(CN2CCC(NC(=O)COc3ccc(S(N)(=O)=O)cc3)CC2)c1OC(C)C. The Morgan fingerprint density at radius 3 is 2.43 bits per heavy atom. The van der Waals surface area contributed by atoms with E-state index >= 15 is 0 Å². The summed E-state index contributed by atoms with van der Waals surface area (Å²) >= 11 is 6.29. The maximum Gasteiger partial charge on any atom is 0.258 e. The molecule has 0 unspecified atom stereocenters. The molecule has 1 saturated heterocycles. The van der Waals surface area contributed by atoms with Gasteiger partial charge in [0.25, 0.3) is 5.91 Å². The topological polar surface area (TPSA) is 120 Å². The van der Waals surface area contributed by atoms with Crippen LogP contribution in [0.1, 0.15) is 32.3 Å². The molecule has 1 amide bonds. The molecule has 0 radical (unpaired) electrons. The third kappa shape index (κ3) is 7.99. The Bertz CT molecular complexity index is 1120. The molecule has 1 heterocycles. The summed E-state index contributed by atoms with van der Waals surface area (Å²) in [6.07, 6.45) is 1.60. The number of hydrogen-bond acceptors (Lipinski definition) is 7. The Balaban J connectivity index is 1.49. The molecule has 1 aliphatic rings. The van der Waals surface area contributed by atoms with Crippen molar-refractivity contribution in [3.05, 3.63) is 47.0 Å². The molecule has 3 N–H and O–H groups in total. The van der Waals surface area contributed by atoms with Crippen molar-refractivity contribution in [2.45, 2.75) is 50.3 Å². The number of carbonyl (C=O) groups excluding carboxylic acids is 1. The van der Waals surface area contributed by atoms with E-state index in [2.05, 4.69) is 10.2 Å². The molecule has 2 aromatic carbocycles. The fraction of sp³-hybridized carbons (Fsp3) is 0.458. The minimum absolute atomic E-state index is 0.00127. The van der Waals surface area contributed by atoms with Crippen LogP contribution in [0.25, 0.3) is 0 Å². The van der Waals surface area contributed by atoms with E-state index in [0.717, 1.165) is 31.5 Å². The van der Waals surface area contributed by atoms with E-state index in [4.69, 9.17) is 31.0 Å². The standard InChI is InChI=1S/C24H32ClN3O6S/c1-16(2)34-24-17(12-18(25)13-22(24)32-3)14-28-10-8-19(9-11-28)27-23(29)15-33-20-4-6-21(7-5-20)35(26,30)31/h4-7,12-13,16,19H,8-11,14-15H2,1-3H3,(H,27,29)(H2,26,30,31). The average Bonchev–Trinajstić information content (AvgIpc) is 2.80. The summed E-state index contributed by atoms with van der Waals surface area (Å²) in [5, 5.41) is 8.67. The number of halogens is 1. The van der Waals surface area contributed by atoms with Crippen LogP contribution in [0.4, 0.5) is 0 Å². The Morgan fingerprint density at radius 1 is 1.20 bits per heavy atom. The number of nitrogens with one attached hydrogen (secondary N) is 1. The van der Waals surface area contributed by atoms with Gasteiger partial charge in [0.15, 0.2) is 18.1 Å². The summed E-state index contributed by atoms with van der Waals surface area (Å²) in [5.74, 6) is 1.48. The van der Waals surface area contributed by atoms with Crippen molar-refractivity contribution >= 4 is 27.5 Å². The highest BCUT2D eigenvalue weighted by molar-refractivity contribution is 7.89. The number of amides is 1. The lowest BCUT2D eigenvalue weighted by atomic mass is 10.0. The Hall–Kier alpha value is -2.53. The second kappa shape index (κ2) is 11.9. The first kappa shape index (κ1) is 27.1. The predicted molar refractivity (Wildman–Crippen MR) is 134 cm³/mol. The van der Waals surface area contributed by atoms with Crippen LogP contribution in [0, 0.1) is 0 Å². The van der Waals surface area contributed by atoms with Gasteiger partial charge >= 0.3 is 0 Å². The van der Waals surface area contributed by atoms with Gasteiger partial charge in [-0.3, -0.25) is 9.69 Å². The highest BCUT2D eigenvalue weighted by Crippen LogP contribution is 2.36. The zero-order chi connectivity index (χ0) is 25.6. The lowest BCUT2D eigenvalue weighted by Gasteiger charge is -2.33. The molecule has 1 fully saturated rings. The lowest BCUT2D eigenvalue weighted by molar-refractivity contribution is -0.124. The zero-order valence-corrected chi connectivity index (χ0v) is 21.7. The third-order valence-electron chi connectivity index (χ3n) is 5.54. The number of benzene rings is 2. The van der Waals surface area contributed by atoms with Crippen molar-refractivity contribution in [3.63, 3.8) is 0 Å². The van der Waals surface area contributed by atoms with E-state index in [1.165, 1.54) is 24.3 Å². The fourth-order valence-electron chi connectivity index (χ4n) is 3.88. The number of primary sulfonamides is 1. The molecule has 0 saturated carbocycles. The van der Waals surface area contributed by atoms with E-state index < -0.39 is 10.0 Å². The predicted octanol–water partition coefficient (Wildman–Crippen LogP) is 2.94. The van der Waals surface area contributed by atoms with Crippen LogP contribution >= 0.6 is 11.6 Å². The van der Waals surface area contributed by atoms with Crippen LogP contribution < -0.4 is 24.7 Å². The van der Waals surface area contributed by atoms with E-state index in [1.54, 1.807) is 13.2 Å². The van der Waals surface area contributed by atoms with Gasteiger partial charge in [-0.15, -0.1) is 0 Å². The van der Waals surface area contributed by atoms with Crippen LogP contribution in [0.5, 0.6) is 17.2 Å². The number of likely N-dealkylation sites (tertiary alicyclic amines) is 1. The van der Waals surface area contributed by atoms with Gasteiger partial charge in [0.1, 0.15) is 5.75 Å². The van der Waals surface area contributed by atoms with Crippen molar-refractivity contribution in [1.29, 1.82) is 0 Å². The molecule has 192 valence electrons. The van der Waals surface area contributed by atoms with E-state index in [0.29, 0.717) is 28.8 Å². The second-order valence-electron chi connectivity index (χ2n) is 8.69. The molecule has 0 aromatic heterocycles. The number of nitrogens with zero attached hydrogens (tertiary/aromatic N) is 1. The number of carbonyl (C=O) groups is 1. The lowest BCUT2D eigenvalue weighted by Crippen LogP contribution is -2.45. The van der Waals surface area contributed by atoms with Crippen molar-refractivity contribution in [1.82, 2.24) is 10.2 Å². The summed E-state index contributed by atoms with van der Waals surface area (Å²) in [7, 11) is -2.17. The van der Waals surface area contributed by atoms with E-state index in [9.17, 15) is 13.2 Å². The first-order valence-electron chi connectivity index (χ1n) is 11.4. The summed E-state index contributed by atoms with van der Waals surface area (Å²) in [6, 6.07) is 9.31. The molecule has 11 heteroatoms. The molecule has 35 heavy (non-hydrogen) atoms. The molecular formula is C24H32ClN3O6S. The minimum Gasteiger partial charge on any atom is -0.493 e. The normalized spacial score (nSPS) is 15.1. The van der Waals surface area contributed by atoms with Crippen LogP contribution in [0.3, 0.4) is 0 Å². The van der Waals surface area contributed by atoms with Gasteiger partial charge in [0, 0.05) is 42.3 Å². The molecule has 0 aliphatic carbocycles. The smallest absolute Gasteiger partial charge is 0.258 e. The first-order valence-corrected chi connectivity index (χ1v) is 13.3. The summed E-state index contributed by atoms with van der Waals surface area (Å²) in [6.45, 7) is 6.04. The van der Waals surface area contributed by atoms with Gasteiger partial charge in [0.2, 0.25) is 10.0 Å². The number of ether oxygens (including phenoxy) is 3. The highest BCUT2D eigenvalue weighted by atomic mass is 35.5. The molecule has 0 spiro atoms. The quantitative estimate of drug-likeness (QED) is 0.489. The average molecular weight is 526 g/mol. The number of rotatable bonds is 10. The summed E-state index contributed by atoms with van der Waals surface area (Å²) < 4.78 is 39.6. The van der Waals surface area contributed by atoms with Crippen LogP contribution in [0.2, 0.25) is 5.02 Å². The van der Waals surface area contributed by atoms with Gasteiger partial charge in [-0.2, -0.15) is 0 Å². The fourth-order valence-corrected chi connectivity index (χ4v) is 4.63. The van der Waals surface area contributed by atoms with Gasteiger partial charge < -0.3 is 19.5 Å². The van der Waals surface area contributed by atoms with Crippen molar-refractivity contribution < 1.29 is 27.4 Å². The van der Waals surface area contributed by atoms with Gasteiger partial charge in [-0.1, -0.05) is 11.6 Å². The number of piperidine rings is 1. The summed E-state index contributed by atoms with van der Waals surface area (Å²) in [5.41, 5.74) is 0.965. The number of hydrogen-bond donors (Lipinski definition) is 2. The number of methoxy groups -OCH3 is 1. The van der Waals surface area contributed by atoms with Crippen molar-refractivity contribution in [3.8, 4) is 17.2 Å². The molecule has 2 aromatic rings. The zero-order valence-electron chi connectivity index (χ0n) is 20.1. The first-order chi connectivity index (χ1) is 16.5. The molecule has 9 nitrogen and oxygen atoms in total. The minimum atomic E-state index is -3.77. The number of sulfonamides is 1. The van der Waals surface area contributed by atoms with E-state index in [1.807, 2.05) is 19.9 Å². The Labute approximate surface area is 211 Å². The largest absolute Gasteiger partial charge is 0.493 e. The maximum absolute atomic E-state index is 12.3. The van der Waals surface area contributed by atoms with Crippen LogP contribution in [-0.4, -0.2) is 58.2 Å². The molecule has 3 rings (SSSR count).